The number of ether oxygens (including phenoxy) is 1. The average Bonchev–Trinajstić information content (AvgIpc) is 2.48. The molecule has 1 aromatic rings. The molecule has 0 aliphatic heterocycles. The second-order valence-corrected chi connectivity index (χ2v) is 6.94. The van der Waals surface area contributed by atoms with Gasteiger partial charge in [0, 0.05) is 17.3 Å². The van der Waals surface area contributed by atoms with Crippen LogP contribution in [0.25, 0.3) is 0 Å². The Hall–Kier alpha value is -0.670. The highest BCUT2D eigenvalue weighted by Crippen LogP contribution is 2.27. The second kappa shape index (κ2) is 7.94. The lowest BCUT2D eigenvalue weighted by molar-refractivity contribution is 0.346. The fourth-order valence-electron chi connectivity index (χ4n) is 3.17. The highest BCUT2D eigenvalue weighted by molar-refractivity contribution is 7.99. The summed E-state index contributed by atoms with van der Waals surface area (Å²) in [6.07, 6.45) is 8.67. The quantitative estimate of drug-likeness (QED) is 0.860. The van der Waals surface area contributed by atoms with E-state index in [4.69, 9.17) is 4.74 Å². The highest BCUT2D eigenvalue weighted by Gasteiger charge is 2.22. The van der Waals surface area contributed by atoms with Gasteiger partial charge in [-0.1, -0.05) is 24.6 Å². The van der Waals surface area contributed by atoms with E-state index in [2.05, 4.69) is 30.6 Å². The molecule has 1 aromatic carbocycles. The minimum absolute atomic E-state index is 0.497. The third-order valence-corrected chi connectivity index (χ3v) is 5.29. The van der Waals surface area contributed by atoms with E-state index in [1.165, 1.54) is 31.2 Å². The van der Waals surface area contributed by atoms with E-state index in [1.54, 1.807) is 7.11 Å². The number of rotatable bonds is 6. The zero-order valence-electron chi connectivity index (χ0n) is 12.9. The zero-order valence-corrected chi connectivity index (χ0v) is 13.7. The van der Waals surface area contributed by atoms with Crippen molar-refractivity contribution in [3.8, 4) is 5.75 Å². The number of hydrogen-bond acceptors (Lipinski definition) is 3. The van der Waals surface area contributed by atoms with Crippen molar-refractivity contribution in [2.75, 3.05) is 13.4 Å². The summed E-state index contributed by atoms with van der Waals surface area (Å²) in [6.45, 7) is 2.29. The lowest BCUT2D eigenvalue weighted by atomic mass is 9.93. The van der Waals surface area contributed by atoms with E-state index in [0.29, 0.717) is 12.1 Å². The van der Waals surface area contributed by atoms with E-state index in [0.717, 1.165) is 17.4 Å². The molecule has 0 amide bonds. The van der Waals surface area contributed by atoms with Gasteiger partial charge in [-0.05, 0) is 50.5 Å². The first-order valence-corrected chi connectivity index (χ1v) is 8.92. The summed E-state index contributed by atoms with van der Waals surface area (Å²) in [6, 6.07) is 9.52. The molecule has 1 aliphatic carbocycles. The van der Waals surface area contributed by atoms with Gasteiger partial charge in [0.05, 0.1) is 7.11 Å². The Kier molecular flexibility index (Phi) is 6.24. The van der Waals surface area contributed by atoms with Gasteiger partial charge in [0.25, 0.3) is 0 Å². The van der Waals surface area contributed by atoms with Crippen LogP contribution in [-0.2, 0) is 6.42 Å². The predicted molar refractivity (Wildman–Crippen MR) is 88.9 cm³/mol. The van der Waals surface area contributed by atoms with Crippen LogP contribution < -0.4 is 10.1 Å². The summed E-state index contributed by atoms with van der Waals surface area (Å²) < 4.78 is 5.44. The Bertz CT molecular complexity index is 410. The molecule has 3 heteroatoms. The van der Waals surface area contributed by atoms with Crippen LogP contribution in [0.3, 0.4) is 0 Å². The Morgan fingerprint density at radius 3 is 2.90 bits per heavy atom. The molecule has 1 N–H and O–H groups in total. The topological polar surface area (TPSA) is 21.3 Å². The van der Waals surface area contributed by atoms with Gasteiger partial charge in [0.15, 0.2) is 0 Å². The van der Waals surface area contributed by atoms with Crippen molar-refractivity contribution in [3.63, 3.8) is 0 Å². The van der Waals surface area contributed by atoms with Gasteiger partial charge in [-0.3, -0.25) is 0 Å². The first kappa shape index (κ1) is 15.7. The van der Waals surface area contributed by atoms with Crippen molar-refractivity contribution < 1.29 is 4.74 Å². The molecule has 2 rings (SSSR count). The lowest BCUT2D eigenvalue weighted by Gasteiger charge is -2.31. The molecular weight excluding hydrogens is 266 g/mol. The maximum Gasteiger partial charge on any atom is 0.122 e. The first-order valence-electron chi connectivity index (χ1n) is 7.63. The van der Waals surface area contributed by atoms with Crippen LogP contribution in [-0.4, -0.2) is 30.7 Å². The normalized spacial score (nSPS) is 24.4. The molecule has 2 nitrogen and oxygen atoms in total. The fourth-order valence-corrected chi connectivity index (χ4v) is 4.00. The Morgan fingerprint density at radius 1 is 1.35 bits per heavy atom. The highest BCUT2D eigenvalue weighted by atomic mass is 32.2. The lowest BCUT2D eigenvalue weighted by Crippen LogP contribution is -2.41. The molecule has 1 aliphatic rings. The molecule has 0 aromatic heterocycles. The SMILES string of the molecule is COc1ccccc1CC(C)NC1CCCC(SC)C1. The van der Waals surface area contributed by atoms with Crippen molar-refractivity contribution in [3.05, 3.63) is 29.8 Å². The minimum Gasteiger partial charge on any atom is -0.496 e. The van der Waals surface area contributed by atoms with Crippen molar-refractivity contribution in [2.24, 2.45) is 0 Å². The summed E-state index contributed by atoms with van der Waals surface area (Å²) in [5, 5.41) is 4.66. The maximum atomic E-state index is 5.44. The van der Waals surface area contributed by atoms with Crippen LogP contribution in [0.4, 0.5) is 0 Å². The standard InChI is InChI=1S/C17H27NOS/c1-13(11-14-7-4-5-10-17(14)19-2)18-15-8-6-9-16(12-15)20-3/h4-5,7,10,13,15-16,18H,6,8-9,11-12H2,1-3H3. The summed E-state index contributed by atoms with van der Waals surface area (Å²) in [7, 11) is 1.75. The van der Waals surface area contributed by atoms with E-state index < -0.39 is 0 Å². The van der Waals surface area contributed by atoms with Gasteiger partial charge in [-0.2, -0.15) is 11.8 Å². The van der Waals surface area contributed by atoms with Crippen molar-refractivity contribution in [1.82, 2.24) is 5.32 Å². The fraction of sp³-hybridized carbons (Fsp3) is 0.647. The van der Waals surface area contributed by atoms with Crippen LogP contribution in [0.2, 0.25) is 0 Å². The van der Waals surface area contributed by atoms with Gasteiger partial charge in [0.2, 0.25) is 0 Å². The van der Waals surface area contributed by atoms with Crippen LogP contribution in [0.5, 0.6) is 5.75 Å². The minimum atomic E-state index is 0.497. The number of methoxy groups -OCH3 is 1. The Morgan fingerprint density at radius 2 is 2.15 bits per heavy atom. The van der Waals surface area contributed by atoms with Gasteiger partial charge < -0.3 is 10.1 Å². The maximum absolute atomic E-state index is 5.44. The third-order valence-electron chi connectivity index (χ3n) is 4.20. The first-order chi connectivity index (χ1) is 9.72. The number of thioether (sulfide) groups is 1. The molecule has 3 unspecified atom stereocenters. The number of para-hydroxylation sites is 1. The van der Waals surface area contributed by atoms with Crippen LogP contribution in [0, 0.1) is 0 Å². The molecular formula is C17H27NOS. The van der Waals surface area contributed by atoms with Crippen LogP contribution in [0.1, 0.15) is 38.2 Å². The third kappa shape index (κ3) is 4.42. The largest absolute Gasteiger partial charge is 0.496 e. The summed E-state index contributed by atoms with van der Waals surface area (Å²) >= 11 is 2.03. The van der Waals surface area contributed by atoms with E-state index >= 15 is 0 Å². The van der Waals surface area contributed by atoms with Gasteiger partial charge in [0.1, 0.15) is 5.75 Å². The van der Waals surface area contributed by atoms with E-state index in [9.17, 15) is 0 Å². The predicted octanol–water partition coefficient (Wildman–Crippen LogP) is 3.89. The molecule has 3 atom stereocenters. The van der Waals surface area contributed by atoms with Gasteiger partial charge in [-0.25, -0.2) is 0 Å². The number of nitrogens with one attached hydrogen (secondary N) is 1. The van der Waals surface area contributed by atoms with Crippen molar-refractivity contribution >= 4 is 11.8 Å². The monoisotopic (exact) mass is 293 g/mol. The van der Waals surface area contributed by atoms with Crippen LogP contribution in [0.15, 0.2) is 24.3 Å². The number of benzene rings is 1. The second-order valence-electron chi connectivity index (χ2n) is 5.80. The molecule has 20 heavy (non-hydrogen) atoms. The van der Waals surface area contributed by atoms with E-state index in [1.807, 2.05) is 23.9 Å². The molecule has 0 radical (unpaired) electrons. The van der Waals surface area contributed by atoms with Gasteiger partial charge in [-0.15, -0.1) is 0 Å². The molecule has 1 saturated carbocycles. The average molecular weight is 293 g/mol. The molecule has 1 fully saturated rings. The smallest absolute Gasteiger partial charge is 0.122 e. The van der Waals surface area contributed by atoms with Crippen molar-refractivity contribution in [1.29, 1.82) is 0 Å². The summed E-state index contributed by atoms with van der Waals surface area (Å²) in [5.74, 6) is 1.01. The molecule has 0 spiro atoms. The summed E-state index contributed by atoms with van der Waals surface area (Å²) in [4.78, 5) is 0. The Balaban J connectivity index is 1.87. The van der Waals surface area contributed by atoms with Gasteiger partial charge >= 0.3 is 0 Å². The zero-order chi connectivity index (χ0) is 14.4. The Labute approximate surface area is 127 Å². The molecule has 112 valence electrons. The van der Waals surface area contributed by atoms with E-state index in [-0.39, 0.29) is 0 Å². The summed E-state index contributed by atoms with van der Waals surface area (Å²) in [5.41, 5.74) is 1.30. The van der Waals surface area contributed by atoms with Crippen molar-refractivity contribution in [2.45, 2.75) is 56.4 Å². The van der Waals surface area contributed by atoms with Crippen LogP contribution >= 0.6 is 11.8 Å². The molecule has 0 saturated heterocycles. The number of hydrogen-bond donors (Lipinski definition) is 1. The molecule has 0 bridgehead atoms. The molecule has 0 heterocycles.